The van der Waals surface area contributed by atoms with Gasteiger partial charge in [0.15, 0.2) is 0 Å². The van der Waals surface area contributed by atoms with Gasteiger partial charge in [0.1, 0.15) is 5.69 Å². The first-order chi connectivity index (χ1) is 8.84. The van der Waals surface area contributed by atoms with Crippen molar-refractivity contribution < 1.29 is 23.1 Å². The number of fused-ring (bicyclic) bond motifs is 1. The average molecular weight is 289 g/mol. The highest BCUT2D eigenvalue weighted by Crippen LogP contribution is 2.28. The third-order valence-corrected chi connectivity index (χ3v) is 2.29. The molecule has 0 saturated carbocycles. The summed E-state index contributed by atoms with van der Waals surface area (Å²) >= 11 is 3.42. The Kier molecular flexibility index (Phi) is 5.17. The van der Waals surface area contributed by atoms with Gasteiger partial charge in [-0.15, -0.1) is 0 Å². The Bertz CT molecular complexity index is 572. The number of aromatic nitrogens is 1. The van der Waals surface area contributed by atoms with Crippen molar-refractivity contribution in [3.8, 4) is 0 Å². The van der Waals surface area contributed by atoms with E-state index in [9.17, 15) is 18.0 Å². The fraction of sp³-hybridized carbons (Fsp3) is 0.167. The Morgan fingerprint density at radius 1 is 1.21 bits per heavy atom. The summed E-state index contributed by atoms with van der Waals surface area (Å²) in [6.07, 6.45) is -4.37. The lowest BCUT2D eigenvalue weighted by Crippen LogP contribution is -2.07. The first-order valence-electron chi connectivity index (χ1n) is 5.10. The molecule has 2 rings (SSSR count). The molecule has 0 radical (unpaired) electrons. The number of hydrogen-bond donors (Lipinski definition) is 2. The second-order valence-corrected chi connectivity index (χ2v) is 3.76. The number of aliphatic carboxylic acids is 1. The summed E-state index contributed by atoms with van der Waals surface area (Å²) in [6, 6.07) is 9.12. The van der Waals surface area contributed by atoms with Gasteiger partial charge >= 0.3 is 12.1 Å². The number of nitrogens with zero attached hydrogens (tertiary/aromatic N) is 1. The van der Waals surface area contributed by atoms with Crippen molar-refractivity contribution in [2.24, 2.45) is 0 Å². The van der Waals surface area contributed by atoms with Crippen LogP contribution in [0.3, 0.4) is 0 Å². The van der Waals surface area contributed by atoms with Crippen LogP contribution in [-0.2, 0) is 11.0 Å². The van der Waals surface area contributed by atoms with Crippen LogP contribution in [0, 0.1) is 0 Å². The molecule has 0 aliphatic carbocycles. The molecular weight excluding hydrogens is 279 g/mol. The zero-order valence-corrected chi connectivity index (χ0v) is 10.4. The van der Waals surface area contributed by atoms with E-state index < -0.39 is 17.8 Å². The van der Waals surface area contributed by atoms with Crippen molar-refractivity contribution in [3.05, 3.63) is 42.1 Å². The molecule has 0 spiro atoms. The van der Waals surface area contributed by atoms with Crippen LogP contribution in [0.4, 0.5) is 13.2 Å². The molecule has 0 unspecified atom stereocenters. The van der Waals surface area contributed by atoms with Crippen LogP contribution in [0.2, 0.25) is 0 Å². The van der Waals surface area contributed by atoms with Crippen molar-refractivity contribution in [2.45, 2.75) is 6.18 Å². The third-order valence-electron chi connectivity index (χ3n) is 2.02. The fourth-order valence-corrected chi connectivity index (χ4v) is 1.22. The number of carboxylic acids is 1. The molecule has 0 saturated heterocycles. The van der Waals surface area contributed by atoms with E-state index in [0.29, 0.717) is 10.9 Å². The maximum atomic E-state index is 12.3. The van der Waals surface area contributed by atoms with Gasteiger partial charge in [0.25, 0.3) is 0 Å². The Labute approximate surface area is 112 Å². The zero-order chi connectivity index (χ0) is 14.5. The van der Waals surface area contributed by atoms with E-state index in [-0.39, 0.29) is 5.75 Å². The van der Waals surface area contributed by atoms with Gasteiger partial charge in [-0.1, -0.05) is 24.3 Å². The van der Waals surface area contributed by atoms with Crippen LogP contribution in [0.15, 0.2) is 36.4 Å². The van der Waals surface area contributed by atoms with E-state index in [4.69, 9.17) is 5.11 Å². The second kappa shape index (κ2) is 6.42. The molecule has 0 aliphatic heterocycles. The number of carbonyl (C=O) groups is 1. The minimum atomic E-state index is -4.37. The molecule has 1 aromatic carbocycles. The number of pyridine rings is 1. The Morgan fingerprint density at radius 2 is 1.79 bits per heavy atom. The van der Waals surface area contributed by atoms with Gasteiger partial charge in [-0.05, 0) is 12.1 Å². The zero-order valence-electron chi connectivity index (χ0n) is 9.55. The van der Waals surface area contributed by atoms with Crippen molar-refractivity contribution in [1.82, 2.24) is 4.98 Å². The largest absolute Gasteiger partial charge is 0.481 e. The predicted octanol–water partition coefficient (Wildman–Crippen LogP) is 3.25. The van der Waals surface area contributed by atoms with Crippen LogP contribution in [0.25, 0.3) is 10.9 Å². The SMILES string of the molecule is FC(F)(F)c1ccc2ccccc2n1.O=C(O)CS. The van der Waals surface area contributed by atoms with Gasteiger partial charge in [-0.3, -0.25) is 4.79 Å². The molecule has 1 aromatic heterocycles. The predicted molar refractivity (Wildman–Crippen MR) is 68.2 cm³/mol. The molecule has 3 nitrogen and oxygen atoms in total. The molecular formula is C12H10F3NO2S. The highest BCUT2D eigenvalue weighted by Gasteiger charge is 2.32. The molecule has 102 valence electrons. The lowest BCUT2D eigenvalue weighted by Gasteiger charge is -2.05. The number of alkyl halides is 3. The minimum absolute atomic E-state index is 0.0833. The normalized spacial score (nSPS) is 10.7. The van der Waals surface area contributed by atoms with Crippen LogP contribution in [0.1, 0.15) is 5.69 Å². The van der Waals surface area contributed by atoms with E-state index in [1.165, 1.54) is 6.07 Å². The maximum Gasteiger partial charge on any atom is 0.433 e. The summed E-state index contributed by atoms with van der Waals surface area (Å²) < 4.78 is 36.8. The molecule has 0 fully saturated rings. The molecule has 2 aromatic rings. The molecule has 0 aliphatic rings. The number of para-hydroxylation sites is 1. The molecule has 19 heavy (non-hydrogen) atoms. The first kappa shape index (κ1) is 15.3. The van der Waals surface area contributed by atoms with E-state index in [1.807, 2.05) is 0 Å². The molecule has 7 heteroatoms. The number of rotatable bonds is 1. The van der Waals surface area contributed by atoms with Gasteiger partial charge in [0, 0.05) is 5.39 Å². The van der Waals surface area contributed by atoms with E-state index in [1.54, 1.807) is 24.3 Å². The van der Waals surface area contributed by atoms with Gasteiger partial charge in [-0.25, -0.2) is 4.98 Å². The molecule has 1 N–H and O–H groups in total. The first-order valence-corrected chi connectivity index (χ1v) is 5.73. The van der Waals surface area contributed by atoms with E-state index in [2.05, 4.69) is 17.6 Å². The fourth-order valence-electron chi connectivity index (χ4n) is 1.22. The topological polar surface area (TPSA) is 50.2 Å². The monoisotopic (exact) mass is 289 g/mol. The summed E-state index contributed by atoms with van der Waals surface area (Å²) in [5, 5.41) is 8.35. The number of carboxylic acid groups (broad SMARTS) is 1. The Balaban J connectivity index is 0.000000312. The summed E-state index contributed by atoms with van der Waals surface area (Å²) in [5.41, 5.74) is -0.487. The molecule has 0 atom stereocenters. The van der Waals surface area contributed by atoms with Crippen LogP contribution < -0.4 is 0 Å². The quantitative estimate of drug-likeness (QED) is 0.792. The van der Waals surface area contributed by atoms with Crippen LogP contribution in [-0.4, -0.2) is 21.8 Å². The van der Waals surface area contributed by atoms with Gasteiger partial charge in [0.05, 0.1) is 11.3 Å². The summed E-state index contributed by atoms with van der Waals surface area (Å²) in [6.45, 7) is 0. The second-order valence-electron chi connectivity index (χ2n) is 3.44. The van der Waals surface area contributed by atoms with Gasteiger partial charge in [0.2, 0.25) is 0 Å². The Hall–Kier alpha value is -1.76. The van der Waals surface area contributed by atoms with Crippen molar-refractivity contribution in [3.63, 3.8) is 0 Å². The van der Waals surface area contributed by atoms with E-state index in [0.717, 1.165) is 6.07 Å². The molecule has 1 heterocycles. The lowest BCUT2D eigenvalue weighted by molar-refractivity contribution is -0.141. The maximum absolute atomic E-state index is 12.3. The van der Waals surface area contributed by atoms with Crippen molar-refractivity contribution >= 4 is 29.5 Å². The van der Waals surface area contributed by atoms with Gasteiger partial charge in [-0.2, -0.15) is 25.8 Å². The smallest absolute Gasteiger partial charge is 0.433 e. The number of thiol groups is 1. The summed E-state index contributed by atoms with van der Waals surface area (Å²) in [4.78, 5) is 12.8. The highest BCUT2D eigenvalue weighted by atomic mass is 32.1. The number of halogens is 3. The summed E-state index contributed by atoms with van der Waals surface area (Å²) in [5.74, 6) is -0.965. The third kappa shape index (κ3) is 4.78. The standard InChI is InChI=1S/C10H6F3N.C2H4O2S/c11-10(12,13)9-6-5-7-3-1-2-4-8(7)14-9;3-2(4)1-5/h1-6H;5H,1H2,(H,3,4). The Morgan fingerprint density at radius 3 is 2.32 bits per heavy atom. The van der Waals surface area contributed by atoms with Crippen LogP contribution >= 0.6 is 12.6 Å². The van der Waals surface area contributed by atoms with E-state index >= 15 is 0 Å². The highest BCUT2D eigenvalue weighted by molar-refractivity contribution is 7.81. The molecule has 0 amide bonds. The number of hydrogen-bond acceptors (Lipinski definition) is 3. The lowest BCUT2D eigenvalue weighted by atomic mass is 10.2. The average Bonchev–Trinajstić information content (AvgIpc) is 2.38. The van der Waals surface area contributed by atoms with Crippen molar-refractivity contribution in [1.29, 1.82) is 0 Å². The minimum Gasteiger partial charge on any atom is -0.481 e. The van der Waals surface area contributed by atoms with Crippen LogP contribution in [0.5, 0.6) is 0 Å². The van der Waals surface area contributed by atoms with Gasteiger partial charge < -0.3 is 5.11 Å². The molecule has 0 bridgehead atoms. The number of benzene rings is 1. The van der Waals surface area contributed by atoms with Crippen molar-refractivity contribution in [2.75, 3.05) is 5.75 Å². The summed E-state index contributed by atoms with van der Waals surface area (Å²) in [7, 11) is 0.